The predicted octanol–water partition coefficient (Wildman–Crippen LogP) is 12.1. The number of nitrogen functional groups attached to an aromatic ring is 1. The van der Waals surface area contributed by atoms with Crippen LogP contribution in [0.5, 0.6) is 0 Å². The van der Waals surface area contributed by atoms with E-state index in [9.17, 15) is 23.5 Å². The second-order valence-electron chi connectivity index (χ2n) is 16.2. The van der Waals surface area contributed by atoms with Crippen molar-refractivity contribution in [3.8, 4) is 0 Å². The Morgan fingerprint density at radius 1 is 0.695 bits per heavy atom. The van der Waals surface area contributed by atoms with E-state index in [1.165, 1.54) is 77.0 Å². The molecule has 5 N–H and O–H groups in total. The lowest BCUT2D eigenvalue weighted by Gasteiger charge is -2.22. The first-order valence-corrected chi connectivity index (χ1v) is 26.9. The number of nitrogens with one attached hydrogen (secondary N) is 1. The molecule has 0 bridgehead atoms. The van der Waals surface area contributed by atoms with Crippen molar-refractivity contribution in [1.29, 1.82) is 0 Å². The summed E-state index contributed by atoms with van der Waals surface area (Å²) in [5, 5.41) is 3.33. The van der Waals surface area contributed by atoms with Crippen LogP contribution in [-0.4, -0.2) is 55.2 Å². The van der Waals surface area contributed by atoms with Crippen LogP contribution in [0.3, 0.4) is 0 Å². The number of nitrogens with zero attached hydrogens (tertiary/aromatic N) is 4. The zero-order chi connectivity index (χ0) is 42.4. The maximum absolute atomic E-state index is 13.6. The standard InChI is InChI=1S/C40H73N6O10P3/c1-3-5-7-9-11-12-13-14-15-16-17-18-19-20-22-24-30-53-59(51,52-29-23-21-10-8-6-4-2)56-58(49,50)55-57(47,48)54-32-34-25-28-36(31-34)46-33-42-37-38(43-35-26-27-35)44-40(41)45-39(37)46/h25,28,33-36H,3-24,26-27,29-32H2,1-2H3,(H,47,48)(H,49,50)(H3,41,43,44,45)/t34-,36+,59?/m1/s1. The third kappa shape index (κ3) is 19.9. The normalized spacial score (nSPS) is 19.9. The fourth-order valence-corrected chi connectivity index (χ4v) is 11.4. The topological polar surface area (TPSA) is 219 Å². The molecule has 1 fully saturated rings. The lowest BCUT2D eigenvalue weighted by Crippen LogP contribution is -2.11. The fraction of sp³-hybridized carbons (Fsp3) is 0.825. The second-order valence-corrected chi connectivity index (χ2v) is 21.1. The van der Waals surface area contributed by atoms with Crippen LogP contribution in [0.25, 0.3) is 11.2 Å². The first-order valence-electron chi connectivity index (χ1n) is 22.5. The second kappa shape index (κ2) is 26.7. The van der Waals surface area contributed by atoms with Crippen molar-refractivity contribution in [2.24, 2.45) is 5.92 Å². The highest BCUT2D eigenvalue weighted by molar-refractivity contribution is 7.67. The van der Waals surface area contributed by atoms with Gasteiger partial charge in [-0.1, -0.05) is 154 Å². The third-order valence-corrected chi connectivity index (χ3v) is 15.5. The van der Waals surface area contributed by atoms with Crippen molar-refractivity contribution < 1.29 is 45.7 Å². The average molecular weight is 891 g/mol. The van der Waals surface area contributed by atoms with Gasteiger partial charge in [0.2, 0.25) is 5.95 Å². The Kier molecular flexibility index (Phi) is 22.6. The van der Waals surface area contributed by atoms with E-state index in [2.05, 4.69) is 38.4 Å². The highest BCUT2D eigenvalue weighted by atomic mass is 31.3. The maximum Gasteiger partial charge on any atom is 0.490 e. The van der Waals surface area contributed by atoms with Gasteiger partial charge in [0.25, 0.3) is 0 Å². The summed E-state index contributed by atoms with van der Waals surface area (Å²) >= 11 is 0. The number of anilines is 2. The number of rotatable bonds is 36. The Morgan fingerprint density at radius 2 is 1.20 bits per heavy atom. The van der Waals surface area contributed by atoms with Crippen molar-refractivity contribution >= 4 is 46.4 Å². The molecule has 1 saturated carbocycles. The molecule has 5 atom stereocenters. The van der Waals surface area contributed by atoms with Gasteiger partial charge in [-0.15, -0.1) is 0 Å². The Hall–Kier alpha value is -1.70. The number of hydrogen-bond donors (Lipinski definition) is 4. The van der Waals surface area contributed by atoms with Crippen LogP contribution in [-0.2, 0) is 35.9 Å². The summed E-state index contributed by atoms with van der Waals surface area (Å²) in [5.74, 6) is 0.326. The first-order chi connectivity index (χ1) is 28.4. The van der Waals surface area contributed by atoms with Crippen LogP contribution < -0.4 is 11.1 Å². The SMILES string of the molecule is CCCCCCCCCCCCCCCCCCOP(=O)(OCCCCCCCC)OP(=O)(O)OP(=O)(O)OC[C@@H]1C=C[C@H](n2cnc3c(NC4CC4)nc(N)nc32)C1. The van der Waals surface area contributed by atoms with Gasteiger partial charge >= 0.3 is 23.5 Å². The summed E-state index contributed by atoms with van der Waals surface area (Å²) in [6.45, 7) is 3.97. The van der Waals surface area contributed by atoms with Crippen LogP contribution in [0.4, 0.5) is 11.8 Å². The number of fused-ring (bicyclic) bond motifs is 1. The number of imidazole rings is 1. The quantitative estimate of drug-likeness (QED) is 0.0284. The van der Waals surface area contributed by atoms with E-state index >= 15 is 0 Å². The molecule has 338 valence electrons. The van der Waals surface area contributed by atoms with Crippen LogP contribution in [0.2, 0.25) is 0 Å². The lowest BCUT2D eigenvalue weighted by molar-refractivity contribution is 0.127. The van der Waals surface area contributed by atoms with Gasteiger partial charge in [-0.05, 0) is 32.1 Å². The van der Waals surface area contributed by atoms with Gasteiger partial charge in [-0.25, -0.2) is 18.7 Å². The maximum atomic E-state index is 13.6. The average Bonchev–Trinajstić information content (AvgIpc) is 3.69. The molecule has 0 aromatic carbocycles. The van der Waals surface area contributed by atoms with Gasteiger partial charge in [0, 0.05) is 12.0 Å². The third-order valence-electron chi connectivity index (χ3n) is 10.7. The fourth-order valence-electron chi connectivity index (χ4n) is 7.24. The van der Waals surface area contributed by atoms with Gasteiger partial charge in [-0.2, -0.15) is 18.6 Å². The van der Waals surface area contributed by atoms with Gasteiger partial charge < -0.3 is 25.4 Å². The minimum atomic E-state index is -5.47. The molecule has 0 spiro atoms. The van der Waals surface area contributed by atoms with E-state index in [0.29, 0.717) is 42.3 Å². The van der Waals surface area contributed by atoms with Crippen molar-refractivity contribution in [3.05, 3.63) is 18.5 Å². The van der Waals surface area contributed by atoms with E-state index < -0.39 is 23.5 Å². The monoisotopic (exact) mass is 890 g/mol. The smallest absolute Gasteiger partial charge is 0.368 e. The van der Waals surface area contributed by atoms with Gasteiger partial charge in [0.05, 0.1) is 32.2 Å². The van der Waals surface area contributed by atoms with Gasteiger partial charge in [0.1, 0.15) is 0 Å². The summed E-state index contributed by atoms with van der Waals surface area (Å²) in [6.07, 6.45) is 32.6. The van der Waals surface area contributed by atoms with Crippen LogP contribution in [0, 0.1) is 5.92 Å². The molecule has 2 heterocycles. The number of unbranched alkanes of at least 4 members (excludes halogenated alkanes) is 20. The Bertz CT molecular complexity index is 1680. The van der Waals surface area contributed by atoms with Crippen LogP contribution in [0.15, 0.2) is 18.5 Å². The number of hydrogen-bond acceptors (Lipinski definition) is 13. The van der Waals surface area contributed by atoms with Crippen LogP contribution >= 0.6 is 23.5 Å². The molecule has 0 saturated heterocycles. The number of phosphoric acid groups is 3. The number of allylic oxidation sites excluding steroid dienone is 1. The zero-order valence-electron chi connectivity index (χ0n) is 35.6. The molecule has 2 aliphatic rings. The zero-order valence-corrected chi connectivity index (χ0v) is 38.3. The molecule has 19 heteroatoms. The summed E-state index contributed by atoms with van der Waals surface area (Å²) in [5.41, 5.74) is 7.13. The molecule has 0 amide bonds. The molecule has 2 aromatic heterocycles. The minimum Gasteiger partial charge on any atom is -0.368 e. The Balaban J connectivity index is 1.17. The van der Waals surface area contributed by atoms with Crippen molar-refractivity contribution in [2.45, 2.75) is 186 Å². The minimum absolute atomic E-state index is 0.0438. The molecule has 16 nitrogen and oxygen atoms in total. The summed E-state index contributed by atoms with van der Waals surface area (Å²) in [7, 11) is -15.3. The van der Waals surface area contributed by atoms with Crippen molar-refractivity contribution in [3.63, 3.8) is 0 Å². The van der Waals surface area contributed by atoms with E-state index in [4.69, 9.17) is 23.6 Å². The van der Waals surface area contributed by atoms with Crippen molar-refractivity contribution in [2.75, 3.05) is 30.9 Å². The van der Waals surface area contributed by atoms with E-state index in [1.54, 1.807) is 12.4 Å². The molecular weight excluding hydrogens is 817 g/mol. The van der Waals surface area contributed by atoms with E-state index in [1.807, 2.05) is 10.6 Å². The largest absolute Gasteiger partial charge is 0.490 e. The Labute approximate surface area is 352 Å². The van der Waals surface area contributed by atoms with E-state index in [-0.39, 0.29) is 37.7 Å². The van der Waals surface area contributed by atoms with Gasteiger partial charge in [0.15, 0.2) is 17.0 Å². The molecule has 3 unspecified atom stereocenters. The lowest BCUT2D eigenvalue weighted by atomic mass is 10.0. The predicted molar refractivity (Wildman–Crippen MR) is 233 cm³/mol. The van der Waals surface area contributed by atoms with E-state index in [0.717, 1.165) is 64.2 Å². The van der Waals surface area contributed by atoms with Crippen molar-refractivity contribution in [1.82, 2.24) is 19.5 Å². The van der Waals surface area contributed by atoms with Crippen LogP contribution in [0.1, 0.15) is 180 Å². The number of phosphoric ester groups is 2. The van der Waals surface area contributed by atoms with Gasteiger partial charge in [-0.3, -0.25) is 13.6 Å². The molecule has 4 rings (SSSR count). The summed E-state index contributed by atoms with van der Waals surface area (Å²) in [4.78, 5) is 34.1. The number of nitrogens with two attached hydrogens (primary N) is 1. The highest BCUT2D eigenvalue weighted by Crippen LogP contribution is 2.69. The highest BCUT2D eigenvalue weighted by Gasteiger charge is 2.44. The molecular formula is C40H73N6O10P3. The Morgan fingerprint density at radius 3 is 1.71 bits per heavy atom. The molecule has 0 radical (unpaired) electrons. The molecule has 2 aromatic rings. The number of aromatic nitrogens is 4. The molecule has 0 aliphatic heterocycles. The summed E-state index contributed by atoms with van der Waals surface area (Å²) < 4.78 is 66.8. The first kappa shape index (κ1) is 50.0. The molecule has 59 heavy (non-hydrogen) atoms. The molecule has 2 aliphatic carbocycles. The summed E-state index contributed by atoms with van der Waals surface area (Å²) in [6, 6.07) is 0.122.